The molecule has 0 saturated carbocycles. The summed E-state index contributed by atoms with van der Waals surface area (Å²) in [5, 5.41) is 14.5. The highest BCUT2D eigenvalue weighted by Crippen LogP contribution is 2.31. The molecule has 2 aromatic heterocycles. The highest BCUT2D eigenvalue weighted by molar-refractivity contribution is 5.96. The van der Waals surface area contributed by atoms with Gasteiger partial charge in [0.2, 0.25) is 0 Å². The number of esters is 2. The molecule has 4 N–H and O–H groups in total. The Hall–Kier alpha value is -5.17. The number of ether oxygens (including phenoxy) is 5. The lowest BCUT2D eigenvalue weighted by Gasteiger charge is -2.43. The number of hydrogen-bond acceptors (Lipinski definition) is 9. The third kappa shape index (κ3) is 6.45. The van der Waals surface area contributed by atoms with Crippen LogP contribution in [0.3, 0.4) is 0 Å². The van der Waals surface area contributed by atoms with Gasteiger partial charge in [-0.25, -0.2) is 14.4 Å². The topological polar surface area (TPSA) is 161 Å². The Morgan fingerprint density at radius 3 is 1.96 bits per heavy atom. The van der Waals surface area contributed by atoms with Gasteiger partial charge in [-0.2, -0.15) is 0 Å². The van der Waals surface area contributed by atoms with Crippen LogP contribution in [0.4, 0.5) is 10.5 Å². The molecule has 3 aromatic carbocycles. The molecule has 12 heteroatoms. The Balaban J connectivity index is 1.32. The molecule has 46 heavy (non-hydrogen) atoms. The minimum Gasteiger partial charge on any atom is -0.449 e. The molecule has 1 amide bonds. The molecule has 1 saturated heterocycles. The van der Waals surface area contributed by atoms with Gasteiger partial charge >= 0.3 is 18.0 Å². The van der Waals surface area contributed by atoms with E-state index in [-0.39, 0.29) is 11.4 Å². The third-order valence-electron chi connectivity index (χ3n) is 7.81. The first-order valence-electron chi connectivity index (χ1n) is 14.8. The maximum Gasteiger partial charge on any atom is 0.412 e. The number of hydrogen-bond donors (Lipinski definition) is 4. The molecule has 0 aliphatic carbocycles. The van der Waals surface area contributed by atoms with Gasteiger partial charge in [0.05, 0.1) is 6.61 Å². The van der Waals surface area contributed by atoms with Crippen molar-refractivity contribution < 1.29 is 43.2 Å². The smallest absolute Gasteiger partial charge is 0.412 e. The van der Waals surface area contributed by atoms with Crippen molar-refractivity contribution in [3.8, 4) is 0 Å². The first-order chi connectivity index (χ1) is 22.4. The van der Waals surface area contributed by atoms with Gasteiger partial charge in [-0.3, -0.25) is 5.32 Å². The predicted octanol–water partition coefficient (Wildman–Crippen LogP) is 4.94. The Kier molecular flexibility index (Phi) is 9.01. The van der Waals surface area contributed by atoms with Crippen molar-refractivity contribution in [1.82, 2.24) is 9.97 Å². The Morgan fingerprint density at radius 2 is 1.39 bits per heavy atom. The maximum absolute atomic E-state index is 13.6. The fraction of sp³-hybridized carbons (Fsp3) is 0.265. The van der Waals surface area contributed by atoms with Gasteiger partial charge in [0, 0.05) is 34.6 Å². The van der Waals surface area contributed by atoms with E-state index in [0.717, 1.165) is 22.8 Å². The fourth-order valence-electron chi connectivity index (χ4n) is 5.50. The van der Waals surface area contributed by atoms with E-state index in [0.29, 0.717) is 16.7 Å². The van der Waals surface area contributed by atoms with Crippen LogP contribution in [0.15, 0.2) is 84.9 Å². The molecule has 0 radical (unpaired) electrons. The van der Waals surface area contributed by atoms with Crippen LogP contribution in [0.5, 0.6) is 0 Å². The lowest BCUT2D eigenvalue weighted by Crippen LogP contribution is -2.63. The number of fused-ring (bicyclic) bond motifs is 2. The molecule has 0 unspecified atom stereocenters. The zero-order valence-corrected chi connectivity index (χ0v) is 25.1. The summed E-state index contributed by atoms with van der Waals surface area (Å²) in [4.78, 5) is 46.3. The second kappa shape index (κ2) is 13.4. The molecule has 0 spiro atoms. The van der Waals surface area contributed by atoms with Crippen molar-refractivity contribution in [2.24, 2.45) is 0 Å². The van der Waals surface area contributed by atoms with Crippen molar-refractivity contribution >= 4 is 45.5 Å². The van der Waals surface area contributed by atoms with Crippen LogP contribution < -0.4 is 5.32 Å². The average molecular weight is 628 g/mol. The van der Waals surface area contributed by atoms with E-state index in [1.807, 2.05) is 55.5 Å². The molecular formula is C34H33N3O9. The van der Waals surface area contributed by atoms with Crippen LogP contribution >= 0.6 is 0 Å². The standard InChI is InChI=1S/C34H33N3O9/c1-3-19-9-8-12-22(15-19)35-34(41)46-28-27(18-38)43-33(42-2)30(45-32(40)26-17-21-11-5-7-14-24(21)37-26)29(28)44-31(39)25-16-20-10-4-6-13-23(20)36-25/h4-17,27-30,33,36-38H,3,18H2,1-2H3,(H,35,41)/t27-,28-,29+,30-,33+/m1/s1. The van der Waals surface area contributed by atoms with Crippen LogP contribution in [0.25, 0.3) is 21.8 Å². The summed E-state index contributed by atoms with van der Waals surface area (Å²) in [6.45, 7) is 1.35. The van der Waals surface area contributed by atoms with E-state index in [2.05, 4.69) is 15.3 Å². The molecule has 238 valence electrons. The number of aromatic nitrogens is 2. The summed E-state index contributed by atoms with van der Waals surface area (Å²) in [6.07, 6.45) is -6.95. The predicted molar refractivity (Wildman–Crippen MR) is 167 cm³/mol. The normalized spacial score (nSPS) is 21.2. The van der Waals surface area contributed by atoms with E-state index in [9.17, 15) is 19.5 Å². The van der Waals surface area contributed by atoms with Gasteiger partial charge in [0.1, 0.15) is 17.5 Å². The number of aliphatic hydroxyl groups is 1. The van der Waals surface area contributed by atoms with E-state index in [1.54, 1.807) is 36.4 Å². The minimum atomic E-state index is -1.46. The van der Waals surface area contributed by atoms with Crippen molar-refractivity contribution in [3.63, 3.8) is 0 Å². The van der Waals surface area contributed by atoms with Crippen LogP contribution in [0.1, 0.15) is 33.5 Å². The quantitative estimate of drug-likeness (QED) is 0.131. The first-order valence-corrected chi connectivity index (χ1v) is 14.8. The van der Waals surface area contributed by atoms with Crippen molar-refractivity contribution in [2.75, 3.05) is 19.0 Å². The number of carbonyl (C=O) groups excluding carboxylic acids is 3. The lowest BCUT2D eigenvalue weighted by molar-refractivity contribution is -0.291. The molecule has 5 aromatic rings. The number of benzene rings is 3. The molecule has 1 aliphatic heterocycles. The van der Waals surface area contributed by atoms with Gasteiger partial charge in [0.25, 0.3) is 0 Å². The summed E-state index contributed by atoms with van der Waals surface area (Å²) in [7, 11) is 1.31. The molecule has 6 rings (SSSR count). The number of nitrogens with one attached hydrogen (secondary N) is 3. The lowest BCUT2D eigenvalue weighted by atomic mass is 9.98. The number of methoxy groups -OCH3 is 1. The van der Waals surface area contributed by atoms with E-state index < -0.39 is 55.3 Å². The number of aliphatic hydroxyl groups excluding tert-OH is 1. The molecule has 5 atom stereocenters. The number of rotatable bonds is 9. The van der Waals surface area contributed by atoms with Crippen LogP contribution in [0, 0.1) is 0 Å². The van der Waals surface area contributed by atoms with Crippen molar-refractivity contribution in [3.05, 3.63) is 102 Å². The fourth-order valence-corrected chi connectivity index (χ4v) is 5.50. The maximum atomic E-state index is 13.6. The number of anilines is 1. The second-order valence-corrected chi connectivity index (χ2v) is 10.8. The number of aromatic amines is 2. The summed E-state index contributed by atoms with van der Waals surface area (Å²) >= 11 is 0. The molecular weight excluding hydrogens is 594 g/mol. The zero-order chi connectivity index (χ0) is 32.2. The van der Waals surface area contributed by atoms with Crippen molar-refractivity contribution in [2.45, 2.75) is 44.1 Å². The number of H-pyrrole nitrogens is 2. The Bertz CT molecular complexity index is 1800. The van der Waals surface area contributed by atoms with E-state index >= 15 is 0 Å². The monoisotopic (exact) mass is 627 g/mol. The number of para-hydroxylation sites is 2. The Labute approximate surface area is 263 Å². The summed E-state index contributed by atoms with van der Waals surface area (Å²) in [5.41, 5.74) is 3.13. The zero-order valence-electron chi connectivity index (χ0n) is 25.1. The van der Waals surface area contributed by atoms with Gasteiger partial charge in [-0.05, 0) is 48.4 Å². The summed E-state index contributed by atoms with van der Waals surface area (Å²) < 4.78 is 29.0. The number of carbonyl (C=O) groups is 3. The summed E-state index contributed by atoms with van der Waals surface area (Å²) in [6, 6.07) is 25.0. The highest BCUT2D eigenvalue weighted by atomic mass is 16.7. The number of aryl methyl sites for hydroxylation is 1. The van der Waals surface area contributed by atoms with Crippen LogP contribution in [-0.4, -0.2) is 77.5 Å². The van der Waals surface area contributed by atoms with Crippen LogP contribution in [-0.2, 0) is 30.1 Å². The molecule has 1 aliphatic rings. The number of amides is 1. The van der Waals surface area contributed by atoms with E-state index in [1.165, 1.54) is 7.11 Å². The van der Waals surface area contributed by atoms with Crippen LogP contribution in [0.2, 0.25) is 0 Å². The van der Waals surface area contributed by atoms with Gasteiger partial charge in [-0.1, -0.05) is 55.5 Å². The van der Waals surface area contributed by atoms with E-state index in [4.69, 9.17) is 23.7 Å². The second-order valence-electron chi connectivity index (χ2n) is 10.8. The summed E-state index contributed by atoms with van der Waals surface area (Å²) in [5.74, 6) is -1.61. The first kappa shape index (κ1) is 30.8. The molecule has 0 bridgehead atoms. The third-order valence-corrected chi connectivity index (χ3v) is 7.81. The average Bonchev–Trinajstić information content (AvgIpc) is 3.71. The Morgan fingerprint density at radius 1 is 0.783 bits per heavy atom. The van der Waals surface area contributed by atoms with Crippen molar-refractivity contribution in [1.29, 1.82) is 0 Å². The molecule has 1 fully saturated rings. The molecule has 12 nitrogen and oxygen atoms in total. The highest BCUT2D eigenvalue weighted by Gasteiger charge is 2.53. The SMILES string of the molecule is CCc1cccc(NC(=O)O[C@H]2[C@H](OC(=O)c3cc4ccccc4[nH]3)[C@@H](OC(=O)c3cc4ccccc4[nH]3)[C@@H](OC)O[C@@H]2CO)c1. The van der Waals surface area contributed by atoms with Gasteiger partial charge < -0.3 is 38.8 Å². The van der Waals surface area contributed by atoms with Gasteiger partial charge in [0.15, 0.2) is 24.6 Å². The molecule has 3 heterocycles. The van der Waals surface area contributed by atoms with Gasteiger partial charge in [-0.15, -0.1) is 0 Å². The largest absolute Gasteiger partial charge is 0.449 e. The minimum absolute atomic E-state index is 0.113.